The van der Waals surface area contributed by atoms with Crippen LogP contribution in [0.5, 0.6) is 0 Å². The highest BCUT2D eigenvalue weighted by Crippen LogP contribution is 2.15. The van der Waals surface area contributed by atoms with Gasteiger partial charge in [-0.15, -0.1) is 0 Å². The lowest BCUT2D eigenvalue weighted by Crippen LogP contribution is -2.23. The highest BCUT2D eigenvalue weighted by atomic mass is 79.9. The number of carbonyl (C=O) groups excluding carboxylic acids is 1. The van der Waals surface area contributed by atoms with Gasteiger partial charge in [0.2, 0.25) is 5.91 Å². The number of hydrogen-bond donors (Lipinski definition) is 2. The van der Waals surface area contributed by atoms with Crippen molar-refractivity contribution in [3.05, 3.63) is 56.2 Å². The maximum Gasteiger partial charge on any atom is 0.268 e. The quantitative estimate of drug-likeness (QED) is 0.817. The summed E-state index contributed by atoms with van der Waals surface area (Å²) in [5, 5.41) is 0. The molecule has 1 heterocycles. The number of amides is 1. The zero-order chi connectivity index (χ0) is 14.9. The third kappa shape index (κ3) is 2.72. The molecular formula is C13H13BrN4O2. The van der Waals surface area contributed by atoms with E-state index >= 15 is 0 Å². The van der Waals surface area contributed by atoms with Crippen LogP contribution in [0, 0.1) is 6.92 Å². The SMILES string of the molecule is Cc1ncn(Cc2ccc(C(N)=O)cc2N)c(=O)c1Br. The van der Waals surface area contributed by atoms with Crippen molar-refractivity contribution in [2.75, 3.05) is 5.73 Å². The number of nitrogens with zero attached hydrogens (tertiary/aromatic N) is 2. The van der Waals surface area contributed by atoms with Gasteiger partial charge in [-0.25, -0.2) is 4.98 Å². The summed E-state index contributed by atoms with van der Waals surface area (Å²) in [6, 6.07) is 4.75. The lowest BCUT2D eigenvalue weighted by molar-refractivity contribution is 0.100. The van der Waals surface area contributed by atoms with E-state index in [1.54, 1.807) is 19.1 Å². The van der Waals surface area contributed by atoms with E-state index < -0.39 is 5.91 Å². The third-order valence-electron chi connectivity index (χ3n) is 2.93. The Hall–Kier alpha value is -2.15. The van der Waals surface area contributed by atoms with Gasteiger partial charge in [-0.05, 0) is 40.5 Å². The van der Waals surface area contributed by atoms with E-state index in [-0.39, 0.29) is 12.1 Å². The van der Waals surface area contributed by atoms with E-state index in [4.69, 9.17) is 11.5 Å². The zero-order valence-electron chi connectivity index (χ0n) is 10.8. The molecule has 4 N–H and O–H groups in total. The van der Waals surface area contributed by atoms with Gasteiger partial charge in [0.15, 0.2) is 0 Å². The van der Waals surface area contributed by atoms with Crippen molar-refractivity contribution in [1.82, 2.24) is 9.55 Å². The maximum atomic E-state index is 12.0. The third-order valence-corrected chi connectivity index (χ3v) is 3.84. The molecule has 104 valence electrons. The number of nitrogens with two attached hydrogens (primary N) is 2. The lowest BCUT2D eigenvalue weighted by Gasteiger charge is -2.10. The standard InChI is InChI=1S/C13H13BrN4O2/c1-7-11(14)13(20)18(6-17-7)5-9-3-2-8(12(16)19)4-10(9)15/h2-4,6H,5,15H2,1H3,(H2,16,19). The number of carbonyl (C=O) groups is 1. The van der Waals surface area contributed by atoms with Crippen molar-refractivity contribution in [3.63, 3.8) is 0 Å². The van der Waals surface area contributed by atoms with Crippen LogP contribution < -0.4 is 17.0 Å². The Balaban J connectivity index is 2.38. The Morgan fingerprint density at radius 1 is 1.45 bits per heavy atom. The van der Waals surface area contributed by atoms with E-state index in [2.05, 4.69) is 20.9 Å². The number of halogens is 1. The molecule has 2 rings (SSSR count). The molecule has 0 aliphatic carbocycles. The molecule has 0 aliphatic rings. The van der Waals surface area contributed by atoms with Crippen molar-refractivity contribution < 1.29 is 4.79 Å². The molecule has 0 saturated heterocycles. The van der Waals surface area contributed by atoms with Crippen LogP contribution in [0.25, 0.3) is 0 Å². The molecule has 1 aromatic heterocycles. The van der Waals surface area contributed by atoms with Gasteiger partial charge >= 0.3 is 0 Å². The van der Waals surface area contributed by atoms with Gasteiger partial charge in [-0.3, -0.25) is 14.2 Å². The summed E-state index contributed by atoms with van der Waals surface area (Å²) < 4.78 is 1.86. The van der Waals surface area contributed by atoms with Crippen molar-refractivity contribution in [3.8, 4) is 0 Å². The molecule has 0 aliphatic heterocycles. The first-order valence-electron chi connectivity index (χ1n) is 5.80. The Kier molecular flexibility index (Phi) is 3.89. The zero-order valence-corrected chi connectivity index (χ0v) is 12.3. The van der Waals surface area contributed by atoms with Crippen LogP contribution in [0.1, 0.15) is 21.6 Å². The first kappa shape index (κ1) is 14.3. The Bertz CT molecular complexity index is 740. The maximum absolute atomic E-state index is 12.0. The normalized spacial score (nSPS) is 10.5. The number of aryl methyl sites for hydroxylation is 1. The minimum absolute atomic E-state index is 0.184. The number of primary amides is 1. The van der Waals surface area contributed by atoms with Gasteiger partial charge in [0.05, 0.1) is 18.6 Å². The summed E-state index contributed by atoms with van der Waals surface area (Å²) in [5.41, 5.74) is 13.0. The number of aromatic nitrogens is 2. The molecule has 0 unspecified atom stereocenters. The Morgan fingerprint density at radius 3 is 2.75 bits per heavy atom. The fourth-order valence-corrected chi connectivity index (χ4v) is 2.06. The fraction of sp³-hybridized carbons (Fsp3) is 0.154. The highest BCUT2D eigenvalue weighted by molar-refractivity contribution is 9.10. The predicted octanol–water partition coefficient (Wildman–Crippen LogP) is 1.04. The number of hydrogen-bond acceptors (Lipinski definition) is 4. The minimum atomic E-state index is -0.542. The van der Waals surface area contributed by atoms with E-state index in [0.29, 0.717) is 21.4 Å². The van der Waals surface area contributed by atoms with E-state index in [0.717, 1.165) is 5.56 Å². The molecule has 0 spiro atoms. The molecule has 2 aromatic rings. The van der Waals surface area contributed by atoms with E-state index in [9.17, 15) is 9.59 Å². The summed E-state index contributed by atoms with van der Waals surface area (Å²) in [4.78, 5) is 27.2. The molecule has 0 bridgehead atoms. The summed E-state index contributed by atoms with van der Waals surface area (Å²) in [6.07, 6.45) is 1.46. The molecule has 1 aromatic carbocycles. The Morgan fingerprint density at radius 2 is 2.15 bits per heavy atom. The van der Waals surface area contributed by atoms with Crippen molar-refractivity contribution >= 4 is 27.5 Å². The van der Waals surface area contributed by atoms with Gasteiger partial charge < -0.3 is 11.5 Å². The van der Waals surface area contributed by atoms with Crippen LogP contribution in [0.2, 0.25) is 0 Å². The molecule has 0 fully saturated rings. The molecular weight excluding hydrogens is 324 g/mol. The largest absolute Gasteiger partial charge is 0.398 e. The van der Waals surface area contributed by atoms with Crippen LogP contribution in [0.3, 0.4) is 0 Å². The summed E-state index contributed by atoms with van der Waals surface area (Å²) in [6.45, 7) is 2.02. The van der Waals surface area contributed by atoms with Crippen molar-refractivity contribution in [1.29, 1.82) is 0 Å². The molecule has 0 saturated carbocycles. The van der Waals surface area contributed by atoms with Gasteiger partial charge in [0, 0.05) is 11.3 Å². The second-order valence-corrected chi connectivity index (χ2v) is 5.15. The number of anilines is 1. The molecule has 6 nitrogen and oxygen atoms in total. The van der Waals surface area contributed by atoms with Crippen LogP contribution in [-0.2, 0) is 6.54 Å². The number of nitrogen functional groups attached to an aromatic ring is 1. The van der Waals surface area contributed by atoms with Gasteiger partial charge in [-0.1, -0.05) is 6.07 Å². The smallest absolute Gasteiger partial charge is 0.268 e. The number of rotatable bonds is 3. The Labute approximate surface area is 123 Å². The van der Waals surface area contributed by atoms with Crippen LogP contribution in [0.4, 0.5) is 5.69 Å². The predicted molar refractivity (Wildman–Crippen MR) is 79.4 cm³/mol. The lowest BCUT2D eigenvalue weighted by atomic mass is 10.1. The minimum Gasteiger partial charge on any atom is -0.398 e. The van der Waals surface area contributed by atoms with Gasteiger partial charge in [0.25, 0.3) is 5.56 Å². The van der Waals surface area contributed by atoms with Crippen molar-refractivity contribution in [2.45, 2.75) is 13.5 Å². The first-order chi connectivity index (χ1) is 9.40. The topological polar surface area (TPSA) is 104 Å². The average Bonchev–Trinajstić information content (AvgIpc) is 2.41. The first-order valence-corrected chi connectivity index (χ1v) is 6.59. The van der Waals surface area contributed by atoms with Gasteiger partial charge in [0.1, 0.15) is 4.47 Å². The summed E-state index contributed by atoms with van der Waals surface area (Å²) >= 11 is 3.20. The monoisotopic (exact) mass is 336 g/mol. The van der Waals surface area contributed by atoms with Crippen LogP contribution in [0.15, 0.2) is 33.8 Å². The molecule has 20 heavy (non-hydrogen) atoms. The highest BCUT2D eigenvalue weighted by Gasteiger charge is 2.09. The van der Waals surface area contributed by atoms with Crippen LogP contribution in [-0.4, -0.2) is 15.5 Å². The molecule has 1 amide bonds. The van der Waals surface area contributed by atoms with E-state index in [1.807, 2.05) is 0 Å². The van der Waals surface area contributed by atoms with Crippen molar-refractivity contribution in [2.24, 2.45) is 5.73 Å². The summed E-state index contributed by atoms with van der Waals surface area (Å²) in [7, 11) is 0. The second kappa shape index (κ2) is 5.46. The van der Waals surface area contributed by atoms with Gasteiger partial charge in [-0.2, -0.15) is 0 Å². The molecule has 0 atom stereocenters. The average molecular weight is 337 g/mol. The molecule has 7 heteroatoms. The fourth-order valence-electron chi connectivity index (χ4n) is 1.73. The summed E-state index contributed by atoms with van der Waals surface area (Å²) in [5.74, 6) is -0.542. The molecule has 0 radical (unpaired) electrons. The van der Waals surface area contributed by atoms with Crippen LogP contribution >= 0.6 is 15.9 Å². The van der Waals surface area contributed by atoms with E-state index in [1.165, 1.54) is 17.0 Å². The second-order valence-electron chi connectivity index (χ2n) is 4.35. The number of benzene rings is 1.